The van der Waals surface area contributed by atoms with Crippen LogP contribution < -0.4 is 11.3 Å². The van der Waals surface area contributed by atoms with E-state index in [1.54, 1.807) is 12.1 Å². The Labute approximate surface area is 111 Å². The molecule has 1 aromatic carbocycles. The Hall–Kier alpha value is -1.24. The lowest BCUT2D eigenvalue weighted by molar-refractivity contribution is 0.401. The van der Waals surface area contributed by atoms with Gasteiger partial charge in [-0.1, -0.05) is 0 Å². The third-order valence-electron chi connectivity index (χ3n) is 2.57. The number of hydrogen-bond acceptors (Lipinski definition) is 3. The molecule has 3 N–H and O–H groups in total. The first-order valence-electron chi connectivity index (χ1n) is 5.25. The minimum atomic E-state index is -0.484. The van der Waals surface area contributed by atoms with Gasteiger partial charge in [0.1, 0.15) is 17.4 Å². The van der Waals surface area contributed by atoms with E-state index in [2.05, 4.69) is 21.4 Å². The van der Waals surface area contributed by atoms with Gasteiger partial charge < -0.3 is 4.42 Å². The second-order valence-electron chi connectivity index (χ2n) is 3.80. The number of nitrogens with two attached hydrogens (primary N) is 1. The van der Waals surface area contributed by atoms with E-state index < -0.39 is 17.7 Å². The van der Waals surface area contributed by atoms with E-state index in [1.165, 1.54) is 0 Å². The van der Waals surface area contributed by atoms with E-state index in [9.17, 15) is 8.78 Å². The highest BCUT2D eigenvalue weighted by Crippen LogP contribution is 2.24. The second kappa shape index (κ2) is 5.60. The first-order chi connectivity index (χ1) is 8.60. The third-order valence-corrected chi connectivity index (χ3v) is 3.00. The molecule has 0 aliphatic carbocycles. The van der Waals surface area contributed by atoms with E-state index in [0.29, 0.717) is 10.4 Å². The summed E-state index contributed by atoms with van der Waals surface area (Å²) in [5, 5.41) is 0. The Kier molecular flexibility index (Phi) is 4.11. The molecule has 1 atom stereocenters. The highest BCUT2D eigenvalue weighted by Gasteiger charge is 2.17. The number of hydrazine groups is 1. The molecule has 0 aliphatic heterocycles. The van der Waals surface area contributed by atoms with Crippen molar-refractivity contribution in [1.82, 2.24) is 5.43 Å². The molecule has 96 valence electrons. The van der Waals surface area contributed by atoms with Crippen LogP contribution in [0.15, 0.2) is 39.4 Å². The zero-order valence-corrected chi connectivity index (χ0v) is 10.9. The molecule has 1 heterocycles. The summed E-state index contributed by atoms with van der Waals surface area (Å²) in [7, 11) is 0. The molecule has 0 bridgehead atoms. The average Bonchev–Trinajstić information content (AvgIpc) is 2.77. The van der Waals surface area contributed by atoms with Crippen molar-refractivity contribution in [1.29, 1.82) is 0 Å². The summed E-state index contributed by atoms with van der Waals surface area (Å²) in [4.78, 5) is 0. The predicted molar refractivity (Wildman–Crippen MR) is 66.5 cm³/mol. The number of furan rings is 1. The van der Waals surface area contributed by atoms with E-state index in [1.807, 2.05) is 0 Å². The lowest BCUT2D eigenvalue weighted by Crippen LogP contribution is -2.29. The summed E-state index contributed by atoms with van der Waals surface area (Å²) in [6.07, 6.45) is 0.194. The van der Waals surface area contributed by atoms with Gasteiger partial charge in [-0.25, -0.2) is 14.2 Å². The van der Waals surface area contributed by atoms with Gasteiger partial charge in [-0.05, 0) is 58.2 Å². The van der Waals surface area contributed by atoms with Crippen LogP contribution in [0.3, 0.4) is 0 Å². The van der Waals surface area contributed by atoms with Crippen LogP contribution in [-0.2, 0) is 6.42 Å². The van der Waals surface area contributed by atoms with Crippen LogP contribution in [0.1, 0.15) is 17.4 Å². The van der Waals surface area contributed by atoms with Gasteiger partial charge in [-0.15, -0.1) is 0 Å². The number of nitrogens with one attached hydrogen (secondary N) is 1. The summed E-state index contributed by atoms with van der Waals surface area (Å²) in [6.45, 7) is 0. The van der Waals surface area contributed by atoms with Crippen LogP contribution in [0.5, 0.6) is 0 Å². The van der Waals surface area contributed by atoms with Gasteiger partial charge in [-0.2, -0.15) is 0 Å². The van der Waals surface area contributed by atoms with Gasteiger partial charge in [0.05, 0.1) is 6.04 Å². The molecular formula is C12H11BrF2N2O. The molecule has 1 unspecified atom stereocenters. The lowest BCUT2D eigenvalue weighted by Gasteiger charge is -2.13. The largest absolute Gasteiger partial charge is 0.453 e. The highest BCUT2D eigenvalue weighted by molar-refractivity contribution is 9.10. The maximum absolute atomic E-state index is 13.5. The van der Waals surface area contributed by atoms with E-state index in [0.717, 1.165) is 18.2 Å². The van der Waals surface area contributed by atoms with Crippen molar-refractivity contribution < 1.29 is 13.2 Å². The predicted octanol–water partition coefficient (Wildman–Crippen LogP) is 3.07. The Morgan fingerprint density at radius 3 is 2.67 bits per heavy atom. The van der Waals surface area contributed by atoms with Gasteiger partial charge >= 0.3 is 0 Å². The molecular weight excluding hydrogens is 306 g/mol. The van der Waals surface area contributed by atoms with E-state index in [-0.39, 0.29) is 12.0 Å². The third kappa shape index (κ3) is 2.95. The number of rotatable bonds is 4. The van der Waals surface area contributed by atoms with Crippen LogP contribution >= 0.6 is 15.9 Å². The summed E-state index contributed by atoms with van der Waals surface area (Å²) in [5.74, 6) is 5.00. The first kappa shape index (κ1) is 13.2. The molecule has 1 aromatic heterocycles. The molecule has 0 saturated heterocycles. The zero-order chi connectivity index (χ0) is 13.1. The molecule has 2 rings (SSSR count). The van der Waals surface area contributed by atoms with Crippen LogP contribution in [0.25, 0.3) is 0 Å². The number of benzene rings is 1. The topological polar surface area (TPSA) is 51.2 Å². The fourth-order valence-corrected chi connectivity index (χ4v) is 2.00. The molecule has 0 amide bonds. The lowest BCUT2D eigenvalue weighted by atomic mass is 10.0. The van der Waals surface area contributed by atoms with Crippen molar-refractivity contribution in [3.63, 3.8) is 0 Å². The molecule has 0 saturated carbocycles. The monoisotopic (exact) mass is 316 g/mol. The molecule has 18 heavy (non-hydrogen) atoms. The maximum Gasteiger partial charge on any atom is 0.169 e. The van der Waals surface area contributed by atoms with Crippen LogP contribution in [0.2, 0.25) is 0 Å². The van der Waals surface area contributed by atoms with Gasteiger partial charge in [-0.3, -0.25) is 5.84 Å². The van der Waals surface area contributed by atoms with Crippen molar-refractivity contribution in [2.75, 3.05) is 0 Å². The quantitative estimate of drug-likeness (QED) is 0.673. The average molecular weight is 317 g/mol. The molecule has 6 heteroatoms. The Morgan fingerprint density at radius 1 is 1.28 bits per heavy atom. The van der Waals surface area contributed by atoms with Crippen LogP contribution in [0.4, 0.5) is 8.78 Å². The van der Waals surface area contributed by atoms with Gasteiger partial charge in [0.2, 0.25) is 0 Å². The fraction of sp³-hybridized carbons (Fsp3) is 0.167. The van der Waals surface area contributed by atoms with Gasteiger partial charge in [0, 0.05) is 0 Å². The number of halogens is 3. The summed E-state index contributed by atoms with van der Waals surface area (Å²) in [6, 6.07) is 6.32. The minimum absolute atomic E-state index is 0.194. The normalized spacial score (nSPS) is 12.7. The fourth-order valence-electron chi connectivity index (χ4n) is 1.68. The van der Waals surface area contributed by atoms with Crippen LogP contribution in [0, 0.1) is 11.6 Å². The van der Waals surface area contributed by atoms with Crippen molar-refractivity contribution in [2.45, 2.75) is 12.5 Å². The summed E-state index contributed by atoms with van der Waals surface area (Å²) >= 11 is 3.17. The summed E-state index contributed by atoms with van der Waals surface area (Å²) in [5.41, 5.74) is 2.76. The van der Waals surface area contributed by atoms with Crippen molar-refractivity contribution in [3.05, 3.63) is 58.0 Å². The number of hydrogen-bond donors (Lipinski definition) is 2. The van der Waals surface area contributed by atoms with E-state index >= 15 is 0 Å². The molecule has 3 nitrogen and oxygen atoms in total. The Bertz CT molecular complexity index is 545. The van der Waals surface area contributed by atoms with Gasteiger partial charge in [0.15, 0.2) is 4.67 Å². The van der Waals surface area contributed by atoms with Crippen molar-refractivity contribution in [3.8, 4) is 0 Å². The Balaban J connectivity index is 2.22. The smallest absolute Gasteiger partial charge is 0.169 e. The van der Waals surface area contributed by atoms with Crippen LogP contribution in [-0.4, -0.2) is 0 Å². The van der Waals surface area contributed by atoms with Crippen molar-refractivity contribution in [2.24, 2.45) is 5.84 Å². The summed E-state index contributed by atoms with van der Waals surface area (Å²) < 4.78 is 32.5. The molecule has 0 radical (unpaired) electrons. The molecule has 2 aromatic rings. The molecule has 0 fully saturated rings. The van der Waals surface area contributed by atoms with E-state index in [4.69, 9.17) is 10.3 Å². The zero-order valence-electron chi connectivity index (χ0n) is 9.29. The standard InChI is InChI=1S/C12H11BrF2N2O/c13-12-4-3-11(18-12)10(17-16)6-7-5-8(14)1-2-9(7)15/h1-5,10,17H,6,16H2. The minimum Gasteiger partial charge on any atom is -0.453 e. The Morgan fingerprint density at radius 2 is 2.06 bits per heavy atom. The molecule has 0 aliphatic rings. The van der Waals surface area contributed by atoms with Crippen molar-refractivity contribution >= 4 is 15.9 Å². The second-order valence-corrected chi connectivity index (χ2v) is 4.58. The highest BCUT2D eigenvalue weighted by atomic mass is 79.9. The molecule has 0 spiro atoms. The first-order valence-corrected chi connectivity index (χ1v) is 6.04. The van der Waals surface area contributed by atoms with Gasteiger partial charge in [0.25, 0.3) is 0 Å². The SMILES string of the molecule is NNC(Cc1cc(F)ccc1F)c1ccc(Br)o1. The maximum atomic E-state index is 13.5.